The van der Waals surface area contributed by atoms with Crippen molar-refractivity contribution in [2.75, 3.05) is 20.6 Å². The Morgan fingerprint density at radius 3 is 2.74 bits per heavy atom. The molecule has 0 saturated carbocycles. The Morgan fingerprint density at radius 1 is 1.47 bits per heavy atom. The lowest BCUT2D eigenvalue weighted by Gasteiger charge is -2.14. The third-order valence-electron chi connectivity index (χ3n) is 2.77. The molecule has 0 bridgehead atoms. The molecule has 2 amide bonds. The maximum atomic E-state index is 11.4. The van der Waals surface area contributed by atoms with Crippen LogP contribution < -0.4 is 16.6 Å². The highest BCUT2D eigenvalue weighted by Gasteiger charge is 2.15. The van der Waals surface area contributed by atoms with Crippen molar-refractivity contribution in [1.29, 1.82) is 0 Å². The van der Waals surface area contributed by atoms with Gasteiger partial charge in [0.2, 0.25) is 5.91 Å². The summed E-state index contributed by atoms with van der Waals surface area (Å²) in [5.74, 6) is 5.89. The van der Waals surface area contributed by atoms with E-state index in [1.165, 1.54) is 0 Å². The van der Waals surface area contributed by atoms with E-state index in [-0.39, 0.29) is 11.8 Å². The molecule has 19 heavy (non-hydrogen) atoms. The lowest BCUT2D eigenvalue weighted by atomic mass is 10.2. The second-order valence-electron chi connectivity index (χ2n) is 4.32. The summed E-state index contributed by atoms with van der Waals surface area (Å²) in [7, 11) is 3.49. The first-order chi connectivity index (χ1) is 8.97. The Balaban J connectivity index is 2.57. The predicted octanol–water partition coefficient (Wildman–Crippen LogP) is -0.241. The zero-order valence-electron chi connectivity index (χ0n) is 11.4. The molecule has 1 heterocycles. The van der Waals surface area contributed by atoms with Gasteiger partial charge in [-0.15, -0.1) is 0 Å². The molecule has 4 N–H and O–H groups in total. The van der Waals surface area contributed by atoms with Crippen LogP contribution in [0.5, 0.6) is 0 Å². The van der Waals surface area contributed by atoms with Gasteiger partial charge in [0.25, 0.3) is 5.91 Å². The Kier molecular flexibility index (Phi) is 5.53. The van der Waals surface area contributed by atoms with E-state index in [4.69, 9.17) is 10.3 Å². The number of rotatable bonds is 6. The molecule has 106 valence electrons. The van der Waals surface area contributed by atoms with Crippen LogP contribution in [0.25, 0.3) is 0 Å². The number of nitrogens with two attached hydrogens (primary N) is 1. The first kappa shape index (κ1) is 15.2. The molecule has 0 unspecified atom stereocenters. The highest BCUT2D eigenvalue weighted by atomic mass is 16.3. The van der Waals surface area contributed by atoms with Crippen molar-refractivity contribution in [2.45, 2.75) is 19.9 Å². The number of hydrazine groups is 1. The van der Waals surface area contributed by atoms with Crippen molar-refractivity contribution >= 4 is 11.8 Å². The number of nitrogens with zero attached hydrogens (tertiary/aromatic N) is 1. The number of carbonyl (C=O) groups is 2. The molecule has 7 heteroatoms. The van der Waals surface area contributed by atoms with Crippen LogP contribution in [0.2, 0.25) is 0 Å². The lowest BCUT2D eigenvalue weighted by molar-refractivity contribution is -0.120. The Bertz CT molecular complexity index is 456. The average molecular weight is 268 g/mol. The van der Waals surface area contributed by atoms with Crippen LogP contribution >= 0.6 is 0 Å². The zero-order chi connectivity index (χ0) is 14.4. The van der Waals surface area contributed by atoms with Gasteiger partial charge in [-0.25, -0.2) is 5.84 Å². The topological polar surface area (TPSA) is 101 Å². The van der Waals surface area contributed by atoms with Gasteiger partial charge in [0.1, 0.15) is 11.5 Å². The molecule has 7 nitrogen and oxygen atoms in total. The van der Waals surface area contributed by atoms with Crippen LogP contribution in [0.15, 0.2) is 10.5 Å². The van der Waals surface area contributed by atoms with E-state index in [1.807, 2.05) is 11.9 Å². The molecule has 0 aromatic carbocycles. The fourth-order valence-electron chi connectivity index (χ4n) is 1.69. The number of hydrogen-bond donors (Lipinski definition) is 3. The molecule has 0 aliphatic heterocycles. The Labute approximate surface area is 112 Å². The van der Waals surface area contributed by atoms with Crippen LogP contribution in [-0.4, -0.2) is 37.4 Å². The molecule has 0 radical (unpaired) electrons. The zero-order valence-corrected chi connectivity index (χ0v) is 11.4. The molecule has 1 rings (SSSR count). The largest absolute Gasteiger partial charge is 0.464 e. The van der Waals surface area contributed by atoms with Crippen molar-refractivity contribution in [1.82, 2.24) is 15.6 Å². The summed E-state index contributed by atoms with van der Waals surface area (Å²) in [4.78, 5) is 24.5. The van der Waals surface area contributed by atoms with E-state index in [1.54, 1.807) is 20.0 Å². The van der Waals surface area contributed by atoms with Crippen molar-refractivity contribution in [3.05, 3.63) is 23.2 Å². The van der Waals surface area contributed by atoms with Gasteiger partial charge < -0.3 is 9.73 Å². The summed E-state index contributed by atoms with van der Waals surface area (Å²) in [6.07, 6.45) is 0.419. The van der Waals surface area contributed by atoms with Crippen LogP contribution in [0.1, 0.15) is 28.3 Å². The number of aryl methyl sites for hydroxylation is 1. The molecule has 0 spiro atoms. The summed E-state index contributed by atoms with van der Waals surface area (Å²) < 4.78 is 5.48. The lowest BCUT2D eigenvalue weighted by Crippen LogP contribution is -2.30. The molecule has 1 aromatic heterocycles. The number of nitrogen functional groups attached to an aromatic ring is 1. The second kappa shape index (κ2) is 6.91. The van der Waals surface area contributed by atoms with Crippen LogP contribution in [0, 0.1) is 6.92 Å². The first-order valence-electron chi connectivity index (χ1n) is 5.97. The Hall–Kier alpha value is -1.86. The molecule has 0 aliphatic rings. The summed E-state index contributed by atoms with van der Waals surface area (Å²) in [6, 6.07) is 1.66. The Morgan fingerprint density at radius 2 is 2.16 bits per heavy atom. The minimum absolute atomic E-state index is 0.00864. The van der Waals surface area contributed by atoms with Gasteiger partial charge in [0.15, 0.2) is 0 Å². The molecule has 1 aromatic rings. The van der Waals surface area contributed by atoms with E-state index >= 15 is 0 Å². The van der Waals surface area contributed by atoms with E-state index in [2.05, 4.69) is 10.7 Å². The van der Waals surface area contributed by atoms with Crippen molar-refractivity contribution in [3.63, 3.8) is 0 Å². The van der Waals surface area contributed by atoms with Gasteiger partial charge in [0.05, 0.1) is 12.1 Å². The van der Waals surface area contributed by atoms with Crippen LogP contribution in [-0.2, 0) is 11.3 Å². The third-order valence-corrected chi connectivity index (χ3v) is 2.77. The predicted molar refractivity (Wildman–Crippen MR) is 70.1 cm³/mol. The molecule has 0 fully saturated rings. The maximum Gasteiger partial charge on any atom is 0.268 e. The second-order valence-corrected chi connectivity index (χ2v) is 4.32. The number of hydrogen-bond acceptors (Lipinski definition) is 5. The van der Waals surface area contributed by atoms with Crippen molar-refractivity contribution in [2.24, 2.45) is 5.84 Å². The average Bonchev–Trinajstić information content (AvgIpc) is 2.75. The molecule has 0 aliphatic carbocycles. The van der Waals surface area contributed by atoms with Gasteiger partial charge in [-0.05, 0) is 20.0 Å². The van der Waals surface area contributed by atoms with Crippen molar-refractivity contribution in [3.8, 4) is 0 Å². The minimum Gasteiger partial charge on any atom is -0.464 e. The summed E-state index contributed by atoms with van der Waals surface area (Å²) in [5.41, 5.74) is 2.50. The van der Waals surface area contributed by atoms with Gasteiger partial charge in [0, 0.05) is 20.0 Å². The normalized spacial score (nSPS) is 10.6. The highest BCUT2D eigenvalue weighted by Crippen LogP contribution is 2.15. The molecule has 0 saturated heterocycles. The molecule has 0 atom stereocenters. The standard InChI is InChI=1S/C12H20N4O3/c1-8-10(12(18)15-13)6-9(19-8)7-16(3)5-4-11(17)14-2/h6H,4-5,7,13H2,1-3H3,(H,14,17)(H,15,18). The first-order valence-corrected chi connectivity index (χ1v) is 5.97. The van der Waals surface area contributed by atoms with Crippen molar-refractivity contribution < 1.29 is 14.0 Å². The van der Waals surface area contributed by atoms with Crippen LogP contribution in [0.3, 0.4) is 0 Å². The summed E-state index contributed by atoms with van der Waals surface area (Å²) in [6.45, 7) is 2.84. The fourth-order valence-corrected chi connectivity index (χ4v) is 1.69. The van der Waals surface area contributed by atoms with Crippen LogP contribution in [0.4, 0.5) is 0 Å². The number of nitrogens with one attached hydrogen (secondary N) is 2. The molecular formula is C12H20N4O3. The number of furan rings is 1. The maximum absolute atomic E-state index is 11.4. The van der Waals surface area contributed by atoms with Gasteiger partial charge >= 0.3 is 0 Å². The smallest absolute Gasteiger partial charge is 0.268 e. The third kappa shape index (κ3) is 4.38. The molecular weight excluding hydrogens is 248 g/mol. The fraction of sp³-hybridized carbons (Fsp3) is 0.500. The number of amides is 2. The summed E-state index contributed by atoms with van der Waals surface area (Å²) in [5, 5.41) is 2.56. The van der Waals surface area contributed by atoms with Gasteiger partial charge in [-0.3, -0.25) is 19.9 Å². The van der Waals surface area contributed by atoms with E-state index in [9.17, 15) is 9.59 Å². The highest BCUT2D eigenvalue weighted by molar-refractivity contribution is 5.94. The minimum atomic E-state index is -0.375. The summed E-state index contributed by atoms with van der Waals surface area (Å²) >= 11 is 0. The van der Waals surface area contributed by atoms with Gasteiger partial charge in [-0.2, -0.15) is 0 Å². The van der Waals surface area contributed by atoms with E-state index < -0.39 is 0 Å². The SMILES string of the molecule is CNC(=O)CCN(C)Cc1cc(C(=O)NN)c(C)o1. The van der Waals surface area contributed by atoms with E-state index in [0.717, 1.165) is 0 Å². The monoisotopic (exact) mass is 268 g/mol. The van der Waals surface area contributed by atoms with E-state index in [0.29, 0.717) is 36.6 Å². The van der Waals surface area contributed by atoms with Gasteiger partial charge in [-0.1, -0.05) is 0 Å². The number of carbonyl (C=O) groups excluding carboxylic acids is 2. The quantitative estimate of drug-likeness (QED) is 0.375.